The van der Waals surface area contributed by atoms with Gasteiger partial charge in [0.15, 0.2) is 0 Å². The number of aromatic nitrogens is 3. The summed E-state index contributed by atoms with van der Waals surface area (Å²) in [5.41, 5.74) is 0. The van der Waals surface area contributed by atoms with Gasteiger partial charge >= 0.3 is 0 Å². The zero-order chi connectivity index (χ0) is 15.5. The van der Waals surface area contributed by atoms with Gasteiger partial charge in [-0.3, -0.25) is 9.89 Å². The second kappa shape index (κ2) is 6.52. The van der Waals surface area contributed by atoms with Gasteiger partial charge in [-0.2, -0.15) is 0 Å². The Morgan fingerprint density at radius 1 is 1.48 bits per heavy atom. The summed E-state index contributed by atoms with van der Waals surface area (Å²) in [5, 5.41) is 9.37. The van der Waals surface area contributed by atoms with E-state index in [4.69, 9.17) is 0 Å². The van der Waals surface area contributed by atoms with E-state index in [0.717, 1.165) is 18.7 Å². The molecule has 0 saturated heterocycles. The molecule has 0 bridgehead atoms. The van der Waals surface area contributed by atoms with Crippen molar-refractivity contribution in [1.29, 1.82) is 0 Å². The molecule has 0 atom stereocenters. The topological polar surface area (TPSA) is 108 Å². The largest absolute Gasteiger partial charge is 0.349 e. The molecule has 1 heterocycles. The highest BCUT2D eigenvalue weighted by Crippen LogP contribution is 2.37. The minimum absolute atomic E-state index is 0.146. The minimum atomic E-state index is -3.18. The number of carbonyl (C=O) groups is 1. The van der Waals surface area contributed by atoms with Crippen molar-refractivity contribution >= 4 is 15.9 Å². The van der Waals surface area contributed by atoms with Crippen LogP contribution in [0.1, 0.15) is 48.5 Å². The number of hydrogen-bond donors (Lipinski definition) is 2. The quantitative estimate of drug-likeness (QED) is 0.661. The van der Waals surface area contributed by atoms with Crippen molar-refractivity contribution in [3.8, 4) is 0 Å². The predicted octanol–water partition coefficient (Wildman–Crippen LogP) is 0.0835. The lowest BCUT2D eigenvalue weighted by Crippen LogP contribution is -2.33. The van der Waals surface area contributed by atoms with E-state index in [0.29, 0.717) is 32.0 Å². The standard InChI is InChI=1S/C12H21N5O3S/c1-3-17(21(2,19)20)8-4-7-13-12(18)11-14-10(15-16-11)9-5-6-9/h9H,3-8H2,1-2H3,(H,13,18)(H,14,15,16). The van der Waals surface area contributed by atoms with E-state index in [2.05, 4.69) is 20.5 Å². The molecule has 2 rings (SSSR count). The molecule has 21 heavy (non-hydrogen) atoms. The molecule has 1 aromatic rings. The lowest BCUT2D eigenvalue weighted by atomic mass is 10.4. The number of nitrogens with zero attached hydrogens (tertiary/aromatic N) is 3. The highest BCUT2D eigenvalue weighted by atomic mass is 32.2. The van der Waals surface area contributed by atoms with E-state index in [1.807, 2.05) is 0 Å². The molecule has 1 aromatic heterocycles. The maximum atomic E-state index is 11.8. The molecular formula is C12H21N5O3S. The Morgan fingerprint density at radius 3 is 2.76 bits per heavy atom. The van der Waals surface area contributed by atoms with Crippen molar-refractivity contribution in [2.45, 2.75) is 32.1 Å². The number of amides is 1. The van der Waals surface area contributed by atoms with Crippen molar-refractivity contribution in [1.82, 2.24) is 24.8 Å². The maximum absolute atomic E-state index is 11.8. The molecule has 0 radical (unpaired) electrons. The van der Waals surface area contributed by atoms with Crippen LogP contribution in [0.5, 0.6) is 0 Å². The van der Waals surface area contributed by atoms with E-state index in [1.54, 1.807) is 6.92 Å². The summed E-state index contributed by atoms with van der Waals surface area (Å²) in [6.07, 6.45) is 3.91. The zero-order valence-corrected chi connectivity index (χ0v) is 13.1. The summed E-state index contributed by atoms with van der Waals surface area (Å²) in [5.74, 6) is 1.01. The molecule has 1 aliphatic rings. The SMILES string of the molecule is CCN(CCCNC(=O)c1n[nH]c(C2CC2)n1)S(C)(=O)=O. The summed E-state index contributed by atoms with van der Waals surface area (Å²) in [7, 11) is -3.18. The van der Waals surface area contributed by atoms with Gasteiger partial charge in [0, 0.05) is 25.6 Å². The van der Waals surface area contributed by atoms with E-state index >= 15 is 0 Å². The van der Waals surface area contributed by atoms with Crippen LogP contribution in [-0.4, -0.2) is 59.7 Å². The Morgan fingerprint density at radius 2 is 2.19 bits per heavy atom. The Hall–Kier alpha value is -1.48. The first-order valence-electron chi connectivity index (χ1n) is 7.07. The second-order valence-corrected chi connectivity index (χ2v) is 7.17. The molecule has 1 amide bonds. The van der Waals surface area contributed by atoms with E-state index < -0.39 is 10.0 Å². The van der Waals surface area contributed by atoms with Crippen molar-refractivity contribution in [2.24, 2.45) is 0 Å². The molecule has 0 unspecified atom stereocenters. The number of aromatic amines is 1. The zero-order valence-electron chi connectivity index (χ0n) is 12.3. The first kappa shape index (κ1) is 15.9. The van der Waals surface area contributed by atoms with Gasteiger partial charge in [-0.25, -0.2) is 17.7 Å². The van der Waals surface area contributed by atoms with E-state index in [9.17, 15) is 13.2 Å². The molecule has 1 saturated carbocycles. The Bertz CT molecular complexity index is 594. The Kier molecular flexibility index (Phi) is 4.94. The summed E-state index contributed by atoms with van der Waals surface area (Å²) in [6.45, 7) is 2.99. The van der Waals surface area contributed by atoms with Crippen LogP contribution in [0.25, 0.3) is 0 Å². The summed E-state index contributed by atoms with van der Waals surface area (Å²) in [6, 6.07) is 0. The first-order valence-corrected chi connectivity index (χ1v) is 8.92. The molecular weight excluding hydrogens is 294 g/mol. The average molecular weight is 315 g/mol. The van der Waals surface area contributed by atoms with Gasteiger partial charge in [0.05, 0.1) is 6.26 Å². The monoisotopic (exact) mass is 315 g/mol. The number of carbonyl (C=O) groups excluding carboxylic acids is 1. The highest BCUT2D eigenvalue weighted by Gasteiger charge is 2.28. The lowest BCUT2D eigenvalue weighted by Gasteiger charge is -2.17. The van der Waals surface area contributed by atoms with Crippen molar-refractivity contribution in [3.63, 3.8) is 0 Å². The van der Waals surface area contributed by atoms with Gasteiger partial charge in [-0.15, -0.1) is 5.10 Å². The fourth-order valence-corrected chi connectivity index (χ4v) is 2.94. The van der Waals surface area contributed by atoms with Crippen LogP contribution in [-0.2, 0) is 10.0 Å². The summed E-state index contributed by atoms with van der Waals surface area (Å²) in [4.78, 5) is 16.0. The van der Waals surface area contributed by atoms with Crippen LogP contribution in [0.4, 0.5) is 0 Å². The number of rotatable bonds is 8. The predicted molar refractivity (Wildman–Crippen MR) is 77.4 cm³/mol. The Labute approximate surface area is 124 Å². The van der Waals surface area contributed by atoms with Gasteiger partial charge in [-0.05, 0) is 19.3 Å². The molecule has 0 spiro atoms. The smallest absolute Gasteiger partial charge is 0.290 e. The normalized spacial score (nSPS) is 15.4. The fraction of sp³-hybridized carbons (Fsp3) is 0.750. The molecule has 2 N–H and O–H groups in total. The van der Waals surface area contributed by atoms with Crippen molar-refractivity contribution < 1.29 is 13.2 Å². The molecule has 8 nitrogen and oxygen atoms in total. The maximum Gasteiger partial charge on any atom is 0.290 e. The third-order valence-electron chi connectivity index (χ3n) is 3.36. The van der Waals surface area contributed by atoms with E-state index in [-0.39, 0.29) is 11.7 Å². The van der Waals surface area contributed by atoms with Crippen molar-refractivity contribution in [3.05, 3.63) is 11.6 Å². The van der Waals surface area contributed by atoms with Gasteiger partial charge in [0.25, 0.3) is 5.91 Å². The molecule has 118 valence electrons. The van der Waals surface area contributed by atoms with Crippen LogP contribution in [0.2, 0.25) is 0 Å². The number of H-pyrrole nitrogens is 1. The third kappa shape index (κ3) is 4.50. The highest BCUT2D eigenvalue weighted by molar-refractivity contribution is 7.88. The number of hydrogen-bond acceptors (Lipinski definition) is 5. The first-order chi connectivity index (χ1) is 9.91. The van der Waals surface area contributed by atoms with Crippen LogP contribution in [0.15, 0.2) is 0 Å². The molecule has 9 heteroatoms. The van der Waals surface area contributed by atoms with Crippen LogP contribution in [0, 0.1) is 0 Å². The fourth-order valence-electron chi connectivity index (χ4n) is 2.01. The number of nitrogens with one attached hydrogen (secondary N) is 2. The average Bonchev–Trinajstić information content (AvgIpc) is 3.14. The summed E-state index contributed by atoms with van der Waals surface area (Å²) < 4.78 is 24.2. The van der Waals surface area contributed by atoms with Gasteiger partial charge in [-0.1, -0.05) is 6.92 Å². The summed E-state index contributed by atoms with van der Waals surface area (Å²) >= 11 is 0. The Balaban J connectivity index is 1.73. The molecule has 0 aromatic carbocycles. The van der Waals surface area contributed by atoms with Gasteiger partial charge < -0.3 is 5.32 Å². The molecule has 1 aliphatic carbocycles. The van der Waals surface area contributed by atoms with Gasteiger partial charge in [0.2, 0.25) is 15.8 Å². The van der Waals surface area contributed by atoms with Gasteiger partial charge in [0.1, 0.15) is 5.82 Å². The van der Waals surface area contributed by atoms with Crippen LogP contribution < -0.4 is 5.32 Å². The van der Waals surface area contributed by atoms with Crippen molar-refractivity contribution in [2.75, 3.05) is 25.9 Å². The van der Waals surface area contributed by atoms with Crippen LogP contribution in [0.3, 0.4) is 0 Å². The molecule has 0 aliphatic heterocycles. The third-order valence-corrected chi connectivity index (χ3v) is 4.74. The number of sulfonamides is 1. The second-order valence-electron chi connectivity index (χ2n) is 5.18. The molecule has 1 fully saturated rings. The lowest BCUT2D eigenvalue weighted by molar-refractivity contribution is 0.0942. The van der Waals surface area contributed by atoms with E-state index in [1.165, 1.54) is 10.6 Å². The minimum Gasteiger partial charge on any atom is -0.349 e. The van der Waals surface area contributed by atoms with Crippen LogP contribution >= 0.6 is 0 Å².